The molecule has 10 heteroatoms. The monoisotopic (exact) mass is 734 g/mol. The number of phenols is 1. The van der Waals surface area contributed by atoms with Crippen molar-refractivity contribution in [2.45, 2.75) is 78.2 Å². The first kappa shape index (κ1) is 38.8. The van der Waals surface area contributed by atoms with Gasteiger partial charge in [-0.3, -0.25) is 4.79 Å². The van der Waals surface area contributed by atoms with Gasteiger partial charge < -0.3 is 38.1 Å². The molecule has 0 saturated carbocycles. The van der Waals surface area contributed by atoms with Crippen LogP contribution in [0.25, 0.3) is 11.1 Å². The molecule has 1 atom stereocenters. The lowest BCUT2D eigenvalue weighted by Gasteiger charge is -2.35. The highest BCUT2D eigenvalue weighted by Crippen LogP contribution is 2.36. The van der Waals surface area contributed by atoms with Crippen LogP contribution in [0.1, 0.15) is 85.5 Å². The minimum absolute atomic E-state index is 0.0932. The number of benzene rings is 3. The second-order valence-corrected chi connectivity index (χ2v) is 14.4. The molecule has 3 aromatic carbocycles. The molecule has 3 heterocycles. The van der Waals surface area contributed by atoms with E-state index in [9.17, 15) is 9.90 Å². The summed E-state index contributed by atoms with van der Waals surface area (Å²) in [6, 6.07) is 27.5. The van der Waals surface area contributed by atoms with E-state index in [0.29, 0.717) is 43.1 Å². The third kappa shape index (κ3) is 9.04. The van der Waals surface area contributed by atoms with Crippen molar-refractivity contribution >= 4 is 29.7 Å². The summed E-state index contributed by atoms with van der Waals surface area (Å²) in [6.45, 7) is 4.67. The predicted molar refractivity (Wildman–Crippen MR) is 215 cm³/mol. The molecule has 3 N–H and O–H groups in total. The lowest BCUT2D eigenvalue weighted by molar-refractivity contribution is -0.457. The molecule has 2 aliphatic rings. The van der Waals surface area contributed by atoms with Crippen LogP contribution in [-0.2, 0) is 11.2 Å². The SMILES string of the molecule is CCC(=C(c1ccc(O)cc1)c1ccc(OCCNCCCCCCNC(=O)CCC2=[N+]3C(C=C2)Cc2c(C)cc(C)n2[B-]3(F)F)cc1)c1ccccc1. The number of halogens is 2. The number of phenolic OH excluding ortho intramolecular Hbond substituents is 1. The number of aromatic hydroxyl groups is 1. The van der Waals surface area contributed by atoms with Crippen LogP contribution < -0.4 is 15.4 Å². The van der Waals surface area contributed by atoms with Gasteiger partial charge in [0.05, 0.1) is 0 Å². The number of nitrogens with zero attached hydrogens (tertiary/aromatic N) is 2. The maximum Gasteiger partial charge on any atom is 0.732 e. The Bertz CT molecular complexity index is 1990. The lowest BCUT2D eigenvalue weighted by atomic mass is 9.86. The molecule has 0 bridgehead atoms. The van der Waals surface area contributed by atoms with Gasteiger partial charge in [-0.15, -0.1) is 0 Å². The van der Waals surface area contributed by atoms with E-state index in [1.54, 1.807) is 25.1 Å². The third-order valence-electron chi connectivity index (χ3n) is 10.6. The number of amides is 1. The number of unbranched alkanes of at least 4 members (excludes halogenated alkanes) is 3. The van der Waals surface area contributed by atoms with E-state index in [-0.39, 0.29) is 24.1 Å². The zero-order valence-electron chi connectivity index (χ0n) is 31.8. The summed E-state index contributed by atoms with van der Waals surface area (Å²) in [5.41, 5.74) is 8.47. The molecule has 1 aromatic heterocycles. The van der Waals surface area contributed by atoms with E-state index in [2.05, 4.69) is 54.0 Å². The molecule has 1 unspecified atom stereocenters. The standard InChI is InChI=1S/C44H53BF2N4O3/c1-4-41(34-12-8-7-9-13-34)44(35-14-21-39(52)22-15-35)36-16-23-40(24-17-36)54-29-28-48-26-10-5-6-11-27-49-43(53)25-20-37-18-19-38-31-42-32(2)30-33(3)50(42)45(46,47)51(37)38/h7-9,12-19,21-24,30,38,48,52H,4-6,10-11,20,25-29,31H2,1-3H3,(H,49,53). The Morgan fingerprint density at radius 1 is 0.907 bits per heavy atom. The van der Waals surface area contributed by atoms with Gasteiger partial charge in [0.15, 0.2) is 0 Å². The van der Waals surface area contributed by atoms with E-state index < -0.39 is 6.97 Å². The first-order chi connectivity index (χ1) is 26.2. The molecular formula is C44H53BF2N4O3. The van der Waals surface area contributed by atoms with Crippen molar-refractivity contribution in [1.82, 2.24) is 15.1 Å². The Labute approximate surface area is 318 Å². The Hall–Kier alpha value is -4.96. The zero-order valence-corrected chi connectivity index (χ0v) is 31.8. The van der Waals surface area contributed by atoms with Crippen LogP contribution in [0.2, 0.25) is 0 Å². The summed E-state index contributed by atoms with van der Waals surface area (Å²) in [4.78, 5) is 12.5. The van der Waals surface area contributed by atoms with E-state index in [1.807, 2.05) is 49.4 Å². The van der Waals surface area contributed by atoms with Crippen LogP contribution in [-0.4, -0.2) is 64.9 Å². The number of carbonyl (C=O) groups excluding carboxylic acids is 1. The third-order valence-corrected chi connectivity index (χ3v) is 10.6. The van der Waals surface area contributed by atoms with Crippen molar-refractivity contribution in [3.8, 4) is 11.5 Å². The molecule has 1 amide bonds. The fourth-order valence-electron chi connectivity index (χ4n) is 7.98. The minimum Gasteiger partial charge on any atom is -0.508 e. The van der Waals surface area contributed by atoms with Gasteiger partial charge in [-0.2, -0.15) is 0 Å². The summed E-state index contributed by atoms with van der Waals surface area (Å²) < 4.78 is 39.8. The normalized spacial score (nSPS) is 16.2. The van der Waals surface area contributed by atoms with Gasteiger partial charge >= 0.3 is 6.97 Å². The van der Waals surface area contributed by atoms with E-state index in [0.717, 1.165) is 73.2 Å². The van der Waals surface area contributed by atoms with Gasteiger partial charge in [0.25, 0.3) is 0 Å². The van der Waals surface area contributed by atoms with Crippen molar-refractivity contribution in [1.29, 1.82) is 0 Å². The van der Waals surface area contributed by atoms with E-state index in [4.69, 9.17) is 4.74 Å². The Balaban J connectivity index is 0.861. The summed E-state index contributed by atoms with van der Waals surface area (Å²) in [6.07, 6.45) is 9.56. The Kier molecular flexibility index (Phi) is 12.9. The van der Waals surface area contributed by atoms with Gasteiger partial charge in [0.2, 0.25) is 5.91 Å². The van der Waals surface area contributed by atoms with E-state index >= 15 is 8.63 Å². The van der Waals surface area contributed by atoms with E-state index in [1.165, 1.54) is 20.1 Å². The molecule has 6 rings (SSSR count). The number of aryl methyl sites for hydroxylation is 2. The first-order valence-electron chi connectivity index (χ1n) is 19.5. The highest BCUT2D eigenvalue weighted by molar-refractivity contribution is 6.57. The Morgan fingerprint density at radius 3 is 2.30 bits per heavy atom. The maximum absolute atomic E-state index is 15.6. The molecular weight excluding hydrogens is 681 g/mol. The van der Waals surface area contributed by atoms with Crippen LogP contribution in [0.3, 0.4) is 0 Å². The van der Waals surface area contributed by atoms with Crippen molar-refractivity contribution in [3.05, 3.63) is 131 Å². The molecule has 0 saturated heterocycles. The lowest BCUT2D eigenvalue weighted by Crippen LogP contribution is -2.57. The van der Waals surface area contributed by atoms with Gasteiger partial charge in [0, 0.05) is 38.4 Å². The topological polar surface area (TPSA) is 78.5 Å². The highest BCUT2D eigenvalue weighted by atomic mass is 19.2. The molecule has 2 aliphatic heterocycles. The van der Waals surface area contributed by atoms with Crippen LogP contribution in [0.4, 0.5) is 8.63 Å². The number of allylic oxidation sites excluding steroid dienone is 2. The van der Waals surface area contributed by atoms with Gasteiger partial charge in [0.1, 0.15) is 29.9 Å². The van der Waals surface area contributed by atoms with Crippen molar-refractivity contribution in [2.24, 2.45) is 0 Å². The maximum atomic E-state index is 15.6. The number of hydrogen-bond donors (Lipinski definition) is 3. The van der Waals surface area contributed by atoms with Crippen molar-refractivity contribution < 1.29 is 27.8 Å². The molecule has 0 fully saturated rings. The zero-order chi connectivity index (χ0) is 38.1. The number of carbonyl (C=O) groups is 1. The highest BCUT2D eigenvalue weighted by Gasteiger charge is 2.54. The number of hydrogen-bond acceptors (Lipinski definition) is 4. The number of rotatable bonds is 18. The van der Waals surface area contributed by atoms with Crippen LogP contribution in [0.15, 0.2) is 97.1 Å². The minimum atomic E-state index is -3.94. The second-order valence-electron chi connectivity index (χ2n) is 14.4. The quantitative estimate of drug-likeness (QED) is 0.0545. The molecule has 54 heavy (non-hydrogen) atoms. The molecule has 0 spiro atoms. The second kappa shape index (κ2) is 17.9. The molecule has 4 aromatic rings. The Morgan fingerprint density at radius 2 is 1.59 bits per heavy atom. The average Bonchev–Trinajstić information content (AvgIpc) is 3.73. The largest absolute Gasteiger partial charge is 0.732 e. The summed E-state index contributed by atoms with van der Waals surface area (Å²) >= 11 is 0. The first-order valence-corrected chi connectivity index (χ1v) is 19.5. The summed E-state index contributed by atoms with van der Waals surface area (Å²) in [7, 11) is 0. The van der Waals surface area contributed by atoms with Crippen LogP contribution in [0, 0.1) is 13.8 Å². The number of fused-ring (bicyclic) bond motifs is 2. The predicted octanol–water partition coefficient (Wildman–Crippen LogP) is 8.48. The van der Waals surface area contributed by atoms with Crippen molar-refractivity contribution in [3.63, 3.8) is 0 Å². The number of aromatic nitrogens is 1. The summed E-state index contributed by atoms with van der Waals surface area (Å²) in [5, 5.41) is 16.3. The molecule has 0 aliphatic carbocycles. The molecule has 0 radical (unpaired) electrons. The fourth-order valence-corrected chi connectivity index (χ4v) is 7.98. The smallest absolute Gasteiger partial charge is 0.508 e. The van der Waals surface area contributed by atoms with Crippen molar-refractivity contribution in [2.75, 3.05) is 26.2 Å². The fraction of sp³-hybridized carbons (Fsp3) is 0.364. The number of ether oxygens (including phenoxy) is 1. The van der Waals surface area contributed by atoms with Crippen LogP contribution >= 0.6 is 0 Å². The van der Waals surface area contributed by atoms with Gasteiger partial charge in [-0.25, -0.2) is 0 Å². The average molecular weight is 735 g/mol. The van der Waals surface area contributed by atoms with Crippen LogP contribution in [0.5, 0.6) is 11.5 Å². The summed E-state index contributed by atoms with van der Waals surface area (Å²) in [5.74, 6) is 0.972. The molecule has 284 valence electrons. The van der Waals surface area contributed by atoms with Gasteiger partial charge in [-0.1, -0.05) is 74.4 Å². The molecule has 7 nitrogen and oxygen atoms in total. The van der Waals surface area contributed by atoms with Gasteiger partial charge in [-0.05, 0) is 121 Å². The number of nitrogens with one attached hydrogen (secondary N) is 2.